The van der Waals surface area contributed by atoms with Gasteiger partial charge < -0.3 is 9.84 Å². The lowest BCUT2D eigenvalue weighted by atomic mass is 10.3. The maximum atomic E-state index is 11.6. The van der Waals surface area contributed by atoms with Crippen molar-refractivity contribution in [2.24, 2.45) is 0 Å². The number of anilines is 1. The number of pyridine rings is 1. The predicted molar refractivity (Wildman–Crippen MR) is 61.1 cm³/mol. The number of aromatic nitrogens is 2. The van der Waals surface area contributed by atoms with Crippen molar-refractivity contribution in [1.82, 2.24) is 10.1 Å². The highest BCUT2D eigenvalue weighted by atomic mass is 79.9. The van der Waals surface area contributed by atoms with E-state index in [-0.39, 0.29) is 11.7 Å². The second-order valence-electron chi connectivity index (χ2n) is 3.16. The molecule has 82 valence electrons. The number of carbonyl (C=O) groups excluding carboxylic acids is 1. The number of hydrogen-bond donors (Lipinski definition) is 1. The molecule has 2 heterocycles. The van der Waals surface area contributed by atoms with E-state index in [0.29, 0.717) is 16.0 Å². The third-order valence-electron chi connectivity index (χ3n) is 1.84. The van der Waals surface area contributed by atoms with Crippen LogP contribution in [0.4, 0.5) is 5.69 Å². The molecule has 0 spiro atoms. The lowest BCUT2D eigenvalue weighted by Crippen LogP contribution is -2.10. The Kier molecular flexibility index (Phi) is 3.00. The van der Waals surface area contributed by atoms with Crippen LogP contribution in [-0.4, -0.2) is 16.0 Å². The van der Waals surface area contributed by atoms with E-state index in [1.165, 1.54) is 0 Å². The average Bonchev–Trinajstić information content (AvgIpc) is 2.68. The molecule has 0 bridgehead atoms. The monoisotopic (exact) mass is 281 g/mol. The molecule has 16 heavy (non-hydrogen) atoms. The number of carbonyl (C=O) groups is 1. The van der Waals surface area contributed by atoms with Crippen molar-refractivity contribution >= 4 is 27.5 Å². The van der Waals surface area contributed by atoms with E-state index in [2.05, 4.69) is 31.4 Å². The Hall–Kier alpha value is -1.69. The van der Waals surface area contributed by atoms with Crippen molar-refractivity contribution in [1.29, 1.82) is 0 Å². The summed E-state index contributed by atoms with van der Waals surface area (Å²) in [5.41, 5.74) is 1.27. The summed E-state index contributed by atoms with van der Waals surface area (Å²) in [5.74, 6) is -0.162. The first kappa shape index (κ1) is 10.8. The van der Waals surface area contributed by atoms with Crippen LogP contribution in [0.1, 0.15) is 16.2 Å². The smallest absolute Gasteiger partial charge is 0.294 e. The lowest BCUT2D eigenvalue weighted by molar-refractivity contribution is 0.0988. The van der Waals surface area contributed by atoms with Gasteiger partial charge in [0.2, 0.25) is 5.76 Å². The topological polar surface area (TPSA) is 68.0 Å². The summed E-state index contributed by atoms with van der Waals surface area (Å²) in [6, 6.07) is 5.04. The molecule has 0 aliphatic rings. The van der Waals surface area contributed by atoms with Gasteiger partial charge >= 0.3 is 0 Å². The van der Waals surface area contributed by atoms with Gasteiger partial charge in [0.15, 0.2) is 0 Å². The van der Waals surface area contributed by atoms with Gasteiger partial charge in [0, 0.05) is 6.07 Å². The Morgan fingerprint density at radius 1 is 1.50 bits per heavy atom. The van der Waals surface area contributed by atoms with Gasteiger partial charge in [-0.05, 0) is 35.0 Å². The van der Waals surface area contributed by atoms with E-state index in [1.807, 2.05) is 0 Å². The molecule has 6 heteroatoms. The van der Waals surface area contributed by atoms with Gasteiger partial charge in [-0.1, -0.05) is 5.16 Å². The molecule has 2 aromatic rings. The van der Waals surface area contributed by atoms with E-state index in [9.17, 15) is 4.79 Å². The van der Waals surface area contributed by atoms with Crippen molar-refractivity contribution in [3.8, 4) is 0 Å². The molecule has 1 N–H and O–H groups in total. The fourth-order valence-corrected chi connectivity index (χ4v) is 1.35. The molecule has 0 saturated carbocycles. The summed E-state index contributed by atoms with van der Waals surface area (Å²) in [5, 5.41) is 6.28. The fourth-order valence-electron chi connectivity index (χ4n) is 1.11. The van der Waals surface area contributed by atoms with Crippen LogP contribution >= 0.6 is 15.9 Å². The quantitative estimate of drug-likeness (QED) is 0.859. The first-order chi connectivity index (χ1) is 7.65. The summed E-state index contributed by atoms with van der Waals surface area (Å²) in [6.07, 6.45) is 1.55. The first-order valence-corrected chi connectivity index (χ1v) is 5.30. The molecule has 0 fully saturated rings. The Morgan fingerprint density at radius 2 is 2.31 bits per heavy atom. The first-order valence-electron chi connectivity index (χ1n) is 4.51. The van der Waals surface area contributed by atoms with Gasteiger partial charge in [-0.3, -0.25) is 4.79 Å². The number of amides is 1. The average molecular weight is 282 g/mol. The third-order valence-corrected chi connectivity index (χ3v) is 2.31. The van der Waals surface area contributed by atoms with Gasteiger partial charge in [-0.25, -0.2) is 4.98 Å². The highest BCUT2D eigenvalue weighted by Gasteiger charge is 2.11. The Bertz CT molecular complexity index is 507. The van der Waals surface area contributed by atoms with E-state index < -0.39 is 0 Å². The second kappa shape index (κ2) is 4.44. The molecular weight excluding hydrogens is 274 g/mol. The zero-order valence-corrected chi connectivity index (χ0v) is 9.98. The molecule has 1 amide bonds. The predicted octanol–water partition coefficient (Wildman–Crippen LogP) is 2.39. The lowest BCUT2D eigenvalue weighted by Gasteiger charge is -2.01. The van der Waals surface area contributed by atoms with E-state index in [1.54, 1.807) is 31.3 Å². The SMILES string of the molecule is Cc1cc(C(=O)Nc2ccc(Br)nc2)on1. The van der Waals surface area contributed by atoms with E-state index in [0.717, 1.165) is 0 Å². The van der Waals surface area contributed by atoms with Gasteiger partial charge in [-0.15, -0.1) is 0 Å². The van der Waals surface area contributed by atoms with Crippen molar-refractivity contribution in [2.75, 3.05) is 5.32 Å². The largest absolute Gasteiger partial charge is 0.351 e. The standard InChI is InChI=1S/C10H8BrN3O2/c1-6-4-8(16-14-6)10(15)13-7-2-3-9(11)12-5-7/h2-5H,1H3,(H,13,15). The highest BCUT2D eigenvalue weighted by Crippen LogP contribution is 2.12. The number of nitrogens with zero attached hydrogens (tertiary/aromatic N) is 2. The van der Waals surface area contributed by atoms with Crippen molar-refractivity contribution in [3.05, 3.63) is 40.5 Å². The maximum absolute atomic E-state index is 11.6. The summed E-state index contributed by atoms with van der Waals surface area (Å²) in [6.45, 7) is 1.75. The second-order valence-corrected chi connectivity index (χ2v) is 3.97. The third kappa shape index (κ3) is 2.46. The van der Waals surface area contributed by atoms with Gasteiger partial charge in [0.05, 0.1) is 17.6 Å². The minimum absolute atomic E-state index is 0.181. The van der Waals surface area contributed by atoms with Crippen LogP contribution in [0.25, 0.3) is 0 Å². The molecule has 0 aromatic carbocycles. The zero-order chi connectivity index (χ0) is 11.5. The zero-order valence-electron chi connectivity index (χ0n) is 8.40. The van der Waals surface area contributed by atoms with Crippen LogP contribution in [0.5, 0.6) is 0 Å². The van der Waals surface area contributed by atoms with Gasteiger partial charge in [0.1, 0.15) is 4.60 Å². The van der Waals surface area contributed by atoms with E-state index in [4.69, 9.17) is 4.52 Å². The Morgan fingerprint density at radius 3 is 2.88 bits per heavy atom. The van der Waals surface area contributed by atoms with Gasteiger partial charge in [0.25, 0.3) is 5.91 Å². The van der Waals surface area contributed by atoms with Crippen LogP contribution in [0.3, 0.4) is 0 Å². The fraction of sp³-hybridized carbons (Fsp3) is 0.100. The number of rotatable bonds is 2. The van der Waals surface area contributed by atoms with Crippen LogP contribution in [-0.2, 0) is 0 Å². The van der Waals surface area contributed by atoms with Crippen LogP contribution < -0.4 is 5.32 Å². The highest BCUT2D eigenvalue weighted by molar-refractivity contribution is 9.10. The molecule has 0 unspecified atom stereocenters. The molecule has 0 saturated heterocycles. The number of aryl methyl sites for hydroxylation is 1. The normalized spacial score (nSPS) is 10.1. The molecule has 0 atom stereocenters. The van der Waals surface area contributed by atoms with E-state index >= 15 is 0 Å². The molecular formula is C10H8BrN3O2. The minimum Gasteiger partial charge on any atom is -0.351 e. The summed E-state index contributed by atoms with van der Waals surface area (Å²) >= 11 is 3.21. The number of halogens is 1. The van der Waals surface area contributed by atoms with Gasteiger partial charge in [-0.2, -0.15) is 0 Å². The summed E-state index contributed by atoms with van der Waals surface area (Å²) in [7, 11) is 0. The van der Waals surface area contributed by atoms with Crippen LogP contribution in [0.2, 0.25) is 0 Å². The molecule has 2 rings (SSSR count). The van der Waals surface area contributed by atoms with Crippen molar-refractivity contribution in [2.45, 2.75) is 6.92 Å². The van der Waals surface area contributed by atoms with Crippen molar-refractivity contribution < 1.29 is 9.32 Å². The molecule has 2 aromatic heterocycles. The summed E-state index contributed by atoms with van der Waals surface area (Å²) < 4.78 is 5.54. The Labute approximate surface area is 100.0 Å². The molecule has 5 nitrogen and oxygen atoms in total. The Balaban J connectivity index is 2.10. The maximum Gasteiger partial charge on any atom is 0.294 e. The van der Waals surface area contributed by atoms with Crippen LogP contribution in [0, 0.1) is 6.92 Å². The molecule has 0 radical (unpaired) electrons. The van der Waals surface area contributed by atoms with Crippen LogP contribution in [0.15, 0.2) is 33.5 Å². The molecule has 0 aliphatic heterocycles. The van der Waals surface area contributed by atoms with Crippen molar-refractivity contribution in [3.63, 3.8) is 0 Å². The number of hydrogen-bond acceptors (Lipinski definition) is 4. The number of nitrogens with one attached hydrogen (secondary N) is 1. The summed E-state index contributed by atoms with van der Waals surface area (Å²) in [4.78, 5) is 15.6. The minimum atomic E-state index is -0.343. The molecule has 0 aliphatic carbocycles.